The second-order valence-electron chi connectivity index (χ2n) is 7.14. The first kappa shape index (κ1) is 27.8. The first-order valence-corrected chi connectivity index (χ1v) is 9.63. The van der Waals surface area contributed by atoms with Gasteiger partial charge in [-0.1, -0.05) is 0 Å². The topological polar surface area (TPSA) is 166 Å². The molecule has 0 radical (unpaired) electrons. The van der Waals surface area contributed by atoms with Crippen LogP contribution >= 0.6 is 0 Å². The highest BCUT2D eigenvalue weighted by molar-refractivity contribution is 5.73. The van der Waals surface area contributed by atoms with Crippen LogP contribution in [0.5, 0.6) is 0 Å². The Balaban J connectivity index is 4.03. The van der Waals surface area contributed by atoms with Crippen LogP contribution in [-0.4, -0.2) is 82.9 Å². The van der Waals surface area contributed by atoms with Gasteiger partial charge in [-0.2, -0.15) is 0 Å². The summed E-state index contributed by atoms with van der Waals surface area (Å²) in [6.07, 6.45) is -5.38. The van der Waals surface area contributed by atoms with E-state index in [4.69, 9.17) is 29.2 Å². The van der Waals surface area contributed by atoms with Crippen LogP contribution in [0.3, 0.4) is 0 Å². The van der Waals surface area contributed by atoms with Gasteiger partial charge in [-0.15, -0.1) is 0 Å². The minimum atomic E-state index is -1.26. The number of carbonyl (C=O) groups is 4. The molecule has 174 valence electrons. The summed E-state index contributed by atoms with van der Waals surface area (Å²) in [6.45, 7) is 4.96. The maximum Gasteiger partial charge on any atom is 0.309 e. The largest absolute Gasteiger partial charge is 0.463 e. The van der Waals surface area contributed by atoms with E-state index in [2.05, 4.69) is 0 Å². The SMILES string of the molecule is C[C@H](CC(=O)OCC(O)COC(=O)C[C@@H](C)OC(=O)C[C@@H](C)O)OC(=O)C[C@@H](C)O. The van der Waals surface area contributed by atoms with Gasteiger partial charge in [-0.25, -0.2) is 0 Å². The Morgan fingerprint density at radius 1 is 0.600 bits per heavy atom. The van der Waals surface area contributed by atoms with Crippen LogP contribution in [0.2, 0.25) is 0 Å². The second kappa shape index (κ2) is 14.7. The van der Waals surface area contributed by atoms with E-state index in [1.165, 1.54) is 27.7 Å². The van der Waals surface area contributed by atoms with Crippen LogP contribution in [0, 0.1) is 0 Å². The third kappa shape index (κ3) is 15.7. The molecule has 0 aromatic rings. The number of carbonyl (C=O) groups excluding carboxylic acids is 4. The molecule has 0 unspecified atom stereocenters. The van der Waals surface area contributed by atoms with E-state index in [9.17, 15) is 24.3 Å². The van der Waals surface area contributed by atoms with Crippen LogP contribution in [-0.2, 0) is 38.1 Å². The molecule has 3 N–H and O–H groups in total. The fourth-order valence-corrected chi connectivity index (χ4v) is 2.12. The number of ether oxygens (including phenoxy) is 4. The Kier molecular flexibility index (Phi) is 13.6. The molecule has 0 aliphatic carbocycles. The van der Waals surface area contributed by atoms with Crippen molar-refractivity contribution in [2.75, 3.05) is 13.2 Å². The lowest BCUT2D eigenvalue weighted by Gasteiger charge is -2.16. The smallest absolute Gasteiger partial charge is 0.309 e. The lowest BCUT2D eigenvalue weighted by atomic mass is 10.2. The van der Waals surface area contributed by atoms with Crippen molar-refractivity contribution in [1.82, 2.24) is 0 Å². The molecule has 0 aromatic carbocycles. The molecule has 11 heteroatoms. The molecule has 0 fully saturated rings. The Labute approximate surface area is 175 Å². The monoisotopic (exact) mass is 436 g/mol. The second-order valence-corrected chi connectivity index (χ2v) is 7.14. The van der Waals surface area contributed by atoms with Crippen LogP contribution in [0.15, 0.2) is 0 Å². The number of aliphatic hydroxyl groups is 3. The predicted octanol–water partition coefficient (Wildman–Crippen LogP) is -0.381. The third-order valence-electron chi connectivity index (χ3n) is 3.37. The third-order valence-corrected chi connectivity index (χ3v) is 3.37. The lowest BCUT2D eigenvalue weighted by Crippen LogP contribution is -2.28. The molecule has 0 aliphatic rings. The molecule has 0 bridgehead atoms. The van der Waals surface area contributed by atoms with Crippen molar-refractivity contribution in [2.24, 2.45) is 0 Å². The van der Waals surface area contributed by atoms with Crippen molar-refractivity contribution >= 4 is 23.9 Å². The first-order chi connectivity index (χ1) is 13.9. The van der Waals surface area contributed by atoms with Gasteiger partial charge in [-0.05, 0) is 27.7 Å². The molecule has 0 saturated heterocycles. The zero-order valence-electron chi connectivity index (χ0n) is 17.7. The molecule has 30 heavy (non-hydrogen) atoms. The van der Waals surface area contributed by atoms with Crippen molar-refractivity contribution in [3.8, 4) is 0 Å². The van der Waals surface area contributed by atoms with E-state index in [1.807, 2.05) is 0 Å². The van der Waals surface area contributed by atoms with Gasteiger partial charge >= 0.3 is 23.9 Å². The zero-order chi connectivity index (χ0) is 23.3. The molecular formula is C19H32O11. The Bertz CT molecular complexity index is 511. The number of rotatable bonds is 14. The summed E-state index contributed by atoms with van der Waals surface area (Å²) in [6, 6.07) is 0. The molecule has 0 spiro atoms. The van der Waals surface area contributed by atoms with E-state index in [0.717, 1.165) is 0 Å². The van der Waals surface area contributed by atoms with Gasteiger partial charge in [0, 0.05) is 0 Å². The molecule has 4 atom stereocenters. The predicted molar refractivity (Wildman–Crippen MR) is 101 cm³/mol. The fourth-order valence-electron chi connectivity index (χ4n) is 2.12. The summed E-state index contributed by atoms with van der Waals surface area (Å²) < 4.78 is 19.5. The quantitative estimate of drug-likeness (QED) is 0.240. The van der Waals surface area contributed by atoms with E-state index in [1.54, 1.807) is 0 Å². The lowest BCUT2D eigenvalue weighted by molar-refractivity contribution is -0.158. The van der Waals surface area contributed by atoms with Crippen LogP contribution in [0.1, 0.15) is 53.4 Å². The zero-order valence-corrected chi connectivity index (χ0v) is 17.7. The van der Waals surface area contributed by atoms with Crippen LogP contribution in [0.4, 0.5) is 0 Å². The van der Waals surface area contributed by atoms with Gasteiger partial charge in [0.15, 0.2) is 0 Å². The van der Waals surface area contributed by atoms with Crippen molar-refractivity contribution in [2.45, 2.75) is 83.9 Å². The summed E-state index contributed by atoms with van der Waals surface area (Å²) in [4.78, 5) is 46.1. The molecular weight excluding hydrogens is 404 g/mol. The Hall–Kier alpha value is -2.24. The standard InChI is InChI=1S/C19H32O11/c1-11(20)5-18(25)29-13(3)7-16(23)27-9-15(22)10-28-17(24)8-14(4)30-19(26)6-12(2)21/h11-15,20-22H,5-10H2,1-4H3/t11-,12-,13-,14-/m1/s1. The number of aliphatic hydroxyl groups excluding tert-OH is 3. The number of esters is 4. The summed E-state index contributed by atoms with van der Waals surface area (Å²) in [5.41, 5.74) is 0. The normalized spacial score (nSPS) is 14.9. The minimum absolute atomic E-state index is 0.193. The molecule has 0 amide bonds. The average molecular weight is 436 g/mol. The summed E-state index contributed by atoms with van der Waals surface area (Å²) in [5, 5.41) is 27.9. The van der Waals surface area contributed by atoms with E-state index in [-0.39, 0.29) is 25.7 Å². The molecule has 0 aromatic heterocycles. The summed E-state index contributed by atoms with van der Waals surface area (Å²) in [7, 11) is 0. The van der Waals surface area contributed by atoms with Crippen molar-refractivity contribution in [3.63, 3.8) is 0 Å². The van der Waals surface area contributed by atoms with Crippen molar-refractivity contribution in [3.05, 3.63) is 0 Å². The highest BCUT2D eigenvalue weighted by Crippen LogP contribution is 2.06. The van der Waals surface area contributed by atoms with Crippen molar-refractivity contribution < 1.29 is 53.4 Å². The highest BCUT2D eigenvalue weighted by Gasteiger charge is 2.19. The van der Waals surface area contributed by atoms with Crippen LogP contribution in [0.25, 0.3) is 0 Å². The van der Waals surface area contributed by atoms with Gasteiger partial charge in [0.25, 0.3) is 0 Å². The maximum atomic E-state index is 11.7. The average Bonchev–Trinajstić information content (AvgIpc) is 2.55. The molecule has 11 nitrogen and oxygen atoms in total. The highest BCUT2D eigenvalue weighted by atomic mass is 16.6. The number of hydrogen-bond acceptors (Lipinski definition) is 11. The van der Waals surface area contributed by atoms with Gasteiger partial charge in [-0.3, -0.25) is 19.2 Å². The fraction of sp³-hybridized carbons (Fsp3) is 0.789. The van der Waals surface area contributed by atoms with Crippen LogP contribution < -0.4 is 0 Å². The molecule has 0 aliphatic heterocycles. The minimum Gasteiger partial charge on any atom is -0.463 e. The van der Waals surface area contributed by atoms with E-state index in [0.29, 0.717) is 0 Å². The number of hydrogen-bond donors (Lipinski definition) is 3. The van der Waals surface area contributed by atoms with E-state index >= 15 is 0 Å². The first-order valence-electron chi connectivity index (χ1n) is 9.63. The molecule has 0 rings (SSSR count). The maximum absolute atomic E-state index is 11.7. The Morgan fingerprint density at radius 2 is 0.933 bits per heavy atom. The van der Waals surface area contributed by atoms with Gasteiger partial charge in [0.05, 0.1) is 37.9 Å². The summed E-state index contributed by atoms with van der Waals surface area (Å²) in [5.74, 6) is -2.75. The van der Waals surface area contributed by atoms with Crippen molar-refractivity contribution in [1.29, 1.82) is 0 Å². The molecule has 0 saturated carbocycles. The summed E-state index contributed by atoms with van der Waals surface area (Å²) >= 11 is 0. The van der Waals surface area contributed by atoms with Gasteiger partial charge in [0.1, 0.15) is 31.5 Å². The van der Waals surface area contributed by atoms with Gasteiger partial charge in [0.2, 0.25) is 0 Å². The van der Waals surface area contributed by atoms with Gasteiger partial charge < -0.3 is 34.3 Å². The van der Waals surface area contributed by atoms with E-state index < -0.39 is 67.6 Å². The molecule has 0 heterocycles. The Morgan fingerprint density at radius 3 is 1.23 bits per heavy atom.